The second kappa shape index (κ2) is 6.22. The maximum atomic E-state index is 14.1. The van der Waals surface area contributed by atoms with Crippen LogP contribution in [0.2, 0.25) is 5.02 Å². The zero-order chi connectivity index (χ0) is 16.6. The van der Waals surface area contributed by atoms with E-state index in [0.717, 1.165) is 5.56 Å². The fraction of sp³-hybridized carbons (Fsp3) is 0.312. The SMILES string of the molecule is COc1ccc(OC)c2c1CN(c1ncc(Cl)cc1F)CC2O. The maximum Gasteiger partial charge on any atom is 0.167 e. The van der Waals surface area contributed by atoms with E-state index in [1.165, 1.54) is 12.3 Å². The average Bonchev–Trinajstić information content (AvgIpc) is 2.53. The summed E-state index contributed by atoms with van der Waals surface area (Å²) in [5, 5.41) is 10.7. The van der Waals surface area contributed by atoms with E-state index in [0.29, 0.717) is 23.6 Å². The summed E-state index contributed by atoms with van der Waals surface area (Å²) >= 11 is 5.75. The summed E-state index contributed by atoms with van der Waals surface area (Å²) in [5.41, 5.74) is 1.42. The highest BCUT2D eigenvalue weighted by Crippen LogP contribution is 2.40. The smallest absolute Gasteiger partial charge is 0.167 e. The molecule has 0 saturated carbocycles. The van der Waals surface area contributed by atoms with E-state index in [1.54, 1.807) is 31.3 Å². The Morgan fingerprint density at radius 1 is 1.30 bits per heavy atom. The number of hydrogen-bond donors (Lipinski definition) is 1. The van der Waals surface area contributed by atoms with Crippen molar-refractivity contribution in [3.05, 3.63) is 46.4 Å². The molecule has 2 aromatic rings. The number of hydrogen-bond acceptors (Lipinski definition) is 5. The Hall–Kier alpha value is -2.05. The standard InChI is InChI=1S/C16H16ClFN2O3/c1-22-13-3-4-14(23-2)15-10(13)7-20(8-12(15)21)16-11(18)5-9(17)6-19-16/h3-6,12,21H,7-8H2,1-2H3. The van der Waals surface area contributed by atoms with Crippen LogP contribution in [-0.2, 0) is 6.54 Å². The Labute approximate surface area is 138 Å². The van der Waals surface area contributed by atoms with Crippen molar-refractivity contribution in [1.29, 1.82) is 0 Å². The van der Waals surface area contributed by atoms with Gasteiger partial charge in [0.25, 0.3) is 0 Å². The number of benzene rings is 1. The topological polar surface area (TPSA) is 54.8 Å². The molecule has 1 atom stereocenters. The summed E-state index contributed by atoms with van der Waals surface area (Å²) in [7, 11) is 3.09. The number of aromatic nitrogens is 1. The third-order valence-electron chi connectivity index (χ3n) is 3.88. The molecule has 1 aliphatic heterocycles. The molecule has 1 aromatic carbocycles. The molecule has 3 rings (SSSR count). The van der Waals surface area contributed by atoms with Crippen molar-refractivity contribution in [1.82, 2.24) is 4.98 Å². The summed E-state index contributed by atoms with van der Waals surface area (Å²) in [5.74, 6) is 0.801. The Kier molecular flexibility index (Phi) is 4.28. The van der Waals surface area contributed by atoms with E-state index in [2.05, 4.69) is 4.98 Å². The molecule has 122 valence electrons. The first kappa shape index (κ1) is 15.8. The number of methoxy groups -OCH3 is 2. The average molecular weight is 339 g/mol. The number of nitrogens with zero attached hydrogens (tertiary/aromatic N) is 2. The number of rotatable bonds is 3. The molecule has 7 heteroatoms. The minimum absolute atomic E-state index is 0.143. The molecule has 0 radical (unpaired) electrons. The molecule has 1 unspecified atom stereocenters. The van der Waals surface area contributed by atoms with Gasteiger partial charge < -0.3 is 19.5 Å². The fourth-order valence-corrected chi connectivity index (χ4v) is 3.02. The number of aliphatic hydroxyl groups excluding tert-OH is 1. The van der Waals surface area contributed by atoms with Gasteiger partial charge in [0.1, 0.15) is 17.6 Å². The van der Waals surface area contributed by atoms with Crippen LogP contribution in [0.4, 0.5) is 10.2 Å². The predicted molar refractivity (Wildman–Crippen MR) is 84.8 cm³/mol. The zero-order valence-corrected chi connectivity index (χ0v) is 13.5. The predicted octanol–water partition coefficient (Wildman–Crippen LogP) is 2.94. The first-order valence-electron chi connectivity index (χ1n) is 7.03. The zero-order valence-electron chi connectivity index (χ0n) is 12.7. The van der Waals surface area contributed by atoms with Crippen molar-refractivity contribution in [2.24, 2.45) is 0 Å². The first-order chi connectivity index (χ1) is 11.0. The van der Waals surface area contributed by atoms with Gasteiger partial charge in [-0.25, -0.2) is 9.37 Å². The van der Waals surface area contributed by atoms with Crippen molar-refractivity contribution < 1.29 is 19.0 Å². The monoisotopic (exact) mass is 338 g/mol. The molecule has 2 heterocycles. The third-order valence-corrected chi connectivity index (χ3v) is 4.08. The van der Waals surface area contributed by atoms with Crippen LogP contribution in [0, 0.1) is 5.82 Å². The Balaban J connectivity index is 2.06. The molecular weight excluding hydrogens is 323 g/mol. The van der Waals surface area contributed by atoms with Gasteiger partial charge in [-0.15, -0.1) is 0 Å². The van der Waals surface area contributed by atoms with Crippen molar-refractivity contribution in [2.75, 3.05) is 25.7 Å². The Bertz CT molecular complexity index is 742. The number of fused-ring (bicyclic) bond motifs is 1. The van der Waals surface area contributed by atoms with E-state index in [9.17, 15) is 9.50 Å². The van der Waals surface area contributed by atoms with Gasteiger partial charge in [-0.1, -0.05) is 11.6 Å². The van der Waals surface area contributed by atoms with Crippen LogP contribution in [-0.4, -0.2) is 30.9 Å². The van der Waals surface area contributed by atoms with Gasteiger partial charge >= 0.3 is 0 Å². The molecule has 0 spiro atoms. The van der Waals surface area contributed by atoms with Gasteiger partial charge in [0.2, 0.25) is 0 Å². The summed E-state index contributed by atoms with van der Waals surface area (Å²) in [6, 6.07) is 4.71. The van der Waals surface area contributed by atoms with Gasteiger partial charge in [0.15, 0.2) is 11.6 Å². The molecule has 5 nitrogen and oxygen atoms in total. The van der Waals surface area contributed by atoms with Crippen molar-refractivity contribution in [3.8, 4) is 11.5 Å². The van der Waals surface area contributed by atoms with E-state index >= 15 is 0 Å². The summed E-state index contributed by atoms with van der Waals surface area (Å²) in [6.07, 6.45) is 0.533. The summed E-state index contributed by atoms with van der Waals surface area (Å²) in [4.78, 5) is 5.70. The van der Waals surface area contributed by atoms with Crippen molar-refractivity contribution >= 4 is 17.4 Å². The van der Waals surface area contributed by atoms with Crippen LogP contribution in [0.25, 0.3) is 0 Å². The quantitative estimate of drug-likeness (QED) is 0.932. The van der Waals surface area contributed by atoms with E-state index in [4.69, 9.17) is 21.1 Å². The number of pyridine rings is 1. The second-order valence-electron chi connectivity index (χ2n) is 5.22. The van der Waals surface area contributed by atoms with Gasteiger partial charge in [0.05, 0.1) is 25.8 Å². The van der Waals surface area contributed by atoms with Crippen LogP contribution in [0.5, 0.6) is 11.5 Å². The highest BCUT2D eigenvalue weighted by Gasteiger charge is 2.31. The number of β-amino-alcohol motifs (C(OH)–C–C–N with tert-alkyl or cyclic N) is 1. The third kappa shape index (κ3) is 2.80. The molecule has 1 aromatic heterocycles. The highest BCUT2D eigenvalue weighted by atomic mass is 35.5. The molecule has 1 aliphatic rings. The molecule has 0 fully saturated rings. The summed E-state index contributed by atoms with van der Waals surface area (Å²) < 4.78 is 24.8. The molecule has 0 aliphatic carbocycles. The molecular formula is C16H16ClFN2O3. The number of aliphatic hydroxyl groups is 1. The maximum absolute atomic E-state index is 14.1. The number of anilines is 1. The number of halogens is 2. The minimum Gasteiger partial charge on any atom is -0.496 e. The largest absolute Gasteiger partial charge is 0.496 e. The van der Waals surface area contributed by atoms with Gasteiger partial charge in [-0.2, -0.15) is 0 Å². The van der Waals surface area contributed by atoms with E-state index in [1.807, 2.05) is 0 Å². The normalized spacial score (nSPS) is 16.9. The Morgan fingerprint density at radius 2 is 2.00 bits per heavy atom. The summed E-state index contributed by atoms with van der Waals surface area (Å²) in [6.45, 7) is 0.542. The lowest BCUT2D eigenvalue weighted by Gasteiger charge is -2.34. The molecule has 0 saturated heterocycles. The lowest BCUT2D eigenvalue weighted by molar-refractivity contribution is 0.169. The Morgan fingerprint density at radius 3 is 2.65 bits per heavy atom. The van der Waals surface area contributed by atoms with Crippen molar-refractivity contribution in [2.45, 2.75) is 12.6 Å². The van der Waals surface area contributed by atoms with Gasteiger partial charge in [-0.05, 0) is 18.2 Å². The van der Waals surface area contributed by atoms with Gasteiger partial charge in [-0.3, -0.25) is 0 Å². The van der Waals surface area contributed by atoms with Crippen LogP contribution in [0.3, 0.4) is 0 Å². The highest BCUT2D eigenvalue weighted by molar-refractivity contribution is 6.30. The lowest BCUT2D eigenvalue weighted by Crippen LogP contribution is -2.35. The molecule has 0 bridgehead atoms. The lowest BCUT2D eigenvalue weighted by atomic mass is 9.95. The molecule has 0 amide bonds. The van der Waals surface area contributed by atoms with Crippen LogP contribution >= 0.6 is 11.6 Å². The van der Waals surface area contributed by atoms with Crippen LogP contribution in [0.1, 0.15) is 17.2 Å². The molecule has 23 heavy (non-hydrogen) atoms. The fourth-order valence-electron chi connectivity index (χ4n) is 2.88. The van der Waals surface area contributed by atoms with E-state index in [-0.39, 0.29) is 17.4 Å². The van der Waals surface area contributed by atoms with Gasteiger partial charge in [0, 0.05) is 23.9 Å². The van der Waals surface area contributed by atoms with E-state index < -0.39 is 11.9 Å². The van der Waals surface area contributed by atoms with Crippen LogP contribution < -0.4 is 14.4 Å². The first-order valence-corrected chi connectivity index (χ1v) is 7.40. The number of ether oxygens (including phenoxy) is 2. The minimum atomic E-state index is -0.847. The van der Waals surface area contributed by atoms with Crippen LogP contribution in [0.15, 0.2) is 24.4 Å². The second-order valence-corrected chi connectivity index (χ2v) is 5.65. The molecule has 1 N–H and O–H groups in total. The van der Waals surface area contributed by atoms with Crippen molar-refractivity contribution in [3.63, 3.8) is 0 Å².